The van der Waals surface area contributed by atoms with Gasteiger partial charge in [0.15, 0.2) is 6.23 Å². The predicted octanol–water partition coefficient (Wildman–Crippen LogP) is 2.47. The molecule has 8 heteroatoms. The molecule has 1 saturated heterocycles. The zero-order valence-electron chi connectivity index (χ0n) is 14.1. The molecule has 1 unspecified atom stereocenters. The maximum atomic E-state index is 11.1. The third-order valence-electron chi connectivity index (χ3n) is 5.52. The van der Waals surface area contributed by atoms with Crippen molar-refractivity contribution in [1.29, 1.82) is 0 Å². The van der Waals surface area contributed by atoms with Crippen molar-refractivity contribution >= 4 is 11.4 Å². The Morgan fingerprint density at radius 2 is 1.96 bits per heavy atom. The van der Waals surface area contributed by atoms with Gasteiger partial charge in [0.1, 0.15) is 11.4 Å². The molecule has 3 aliphatic rings. The first-order valence-corrected chi connectivity index (χ1v) is 8.88. The van der Waals surface area contributed by atoms with E-state index in [4.69, 9.17) is 9.47 Å². The molecule has 2 heterocycles. The molecule has 0 radical (unpaired) electrons. The molecule has 1 aromatic carbocycles. The number of phenols is 1. The Labute approximate surface area is 145 Å². The van der Waals surface area contributed by atoms with E-state index in [0.717, 1.165) is 38.8 Å². The predicted molar refractivity (Wildman–Crippen MR) is 91.0 cm³/mol. The third-order valence-corrected chi connectivity index (χ3v) is 5.52. The third kappa shape index (κ3) is 2.79. The topological polar surface area (TPSA) is 97.1 Å². The van der Waals surface area contributed by atoms with Crippen LogP contribution >= 0.6 is 0 Å². The van der Waals surface area contributed by atoms with Gasteiger partial charge in [-0.1, -0.05) is 19.3 Å². The lowest BCUT2D eigenvalue weighted by Crippen LogP contribution is -2.64. The maximum Gasteiger partial charge on any atom is 0.313 e. The summed E-state index contributed by atoms with van der Waals surface area (Å²) in [7, 11) is 0. The highest BCUT2D eigenvalue weighted by atomic mass is 16.6. The lowest BCUT2D eigenvalue weighted by Gasteiger charge is -2.52. The van der Waals surface area contributed by atoms with E-state index in [2.05, 4.69) is 10.2 Å². The van der Waals surface area contributed by atoms with Crippen LogP contribution in [0.15, 0.2) is 12.1 Å². The number of anilines is 1. The van der Waals surface area contributed by atoms with Crippen molar-refractivity contribution in [3.63, 3.8) is 0 Å². The lowest BCUT2D eigenvalue weighted by molar-refractivity contribution is -0.385. The second kappa shape index (κ2) is 6.34. The average Bonchev–Trinajstić information content (AvgIpc) is 2.63. The van der Waals surface area contributed by atoms with Crippen LogP contribution in [0, 0.1) is 10.1 Å². The Hall–Kier alpha value is -2.06. The summed E-state index contributed by atoms with van der Waals surface area (Å²) in [6.45, 7) is 2.94. The van der Waals surface area contributed by atoms with Crippen LogP contribution in [0.5, 0.6) is 11.5 Å². The van der Waals surface area contributed by atoms with Crippen LogP contribution in [0.25, 0.3) is 0 Å². The summed E-state index contributed by atoms with van der Waals surface area (Å²) in [5.74, 6) is 0.128. The standard InChI is InChI=1S/C17H23N3O5/c21-15-12(20(22)23)4-5-13-14(15)18-17(6-2-1-3-7-17)16(25-13)19-8-10-24-11-9-19/h4-5,16,18,21H,1-3,6-11H2. The van der Waals surface area contributed by atoms with Gasteiger partial charge in [0, 0.05) is 19.2 Å². The molecule has 136 valence electrons. The fraction of sp³-hybridized carbons (Fsp3) is 0.647. The van der Waals surface area contributed by atoms with Gasteiger partial charge in [-0.15, -0.1) is 0 Å². The van der Waals surface area contributed by atoms with Crippen LogP contribution in [-0.4, -0.2) is 53.0 Å². The van der Waals surface area contributed by atoms with Gasteiger partial charge in [0.25, 0.3) is 0 Å². The van der Waals surface area contributed by atoms with Gasteiger partial charge in [-0.2, -0.15) is 0 Å². The number of nitrogens with zero attached hydrogens (tertiary/aromatic N) is 2. The van der Waals surface area contributed by atoms with Crippen molar-refractivity contribution in [3.8, 4) is 11.5 Å². The van der Waals surface area contributed by atoms with E-state index >= 15 is 0 Å². The quantitative estimate of drug-likeness (QED) is 0.481. The molecule has 25 heavy (non-hydrogen) atoms. The second-order valence-corrected chi connectivity index (χ2v) is 7.02. The number of phenolic OH excluding ortho intramolecular Hbond substituents is 1. The minimum Gasteiger partial charge on any atom is -0.501 e. The van der Waals surface area contributed by atoms with Gasteiger partial charge in [-0.05, 0) is 18.9 Å². The SMILES string of the molecule is O=[N+]([O-])c1ccc2c(c1O)NC1(CCCCC1)C(N1CCOCC1)O2. The van der Waals surface area contributed by atoms with Crippen LogP contribution in [0.1, 0.15) is 32.1 Å². The normalized spacial score (nSPS) is 25.7. The molecule has 1 aromatic rings. The monoisotopic (exact) mass is 349 g/mol. The number of aromatic hydroxyl groups is 1. The van der Waals surface area contributed by atoms with E-state index in [1.54, 1.807) is 6.07 Å². The van der Waals surface area contributed by atoms with Gasteiger partial charge in [0.05, 0.1) is 23.7 Å². The summed E-state index contributed by atoms with van der Waals surface area (Å²) in [5, 5.41) is 25.0. The van der Waals surface area contributed by atoms with E-state index in [9.17, 15) is 15.2 Å². The molecule has 2 N–H and O–H groups in total. The van der Waals surface area contributed by atoms with E-state index in [0.29, 0.717) is 24.7 Å². The number of hydrogen-bond acceptors (Lipinski definition) is 7. The zero-order valence-corrected chi connectivity index (χ0v) is 14.1. The molecule has 2 aliphatic heterocycles. The second-order valence-electron chi connectivity index (χ2n) is 7.02. The fourth-order valence-corrected chi connectivity index (χ4v) is 4.26. The van der Waals surface area contributed by atoms with E-state index in [1.807, 2.05) is 0 Å². The van der Waals surface area contributed by atoms with Gasteiger partial charge in [-0.25, -0.2) is 0 Å². The van der Waals surface area contributed by atoms with Crippen molar-refractivity contribution in [2.75, 3.05) is 31.6 Å². The smallest absolute Gasteiger partial charge is 0.313 e. The summed E-state index contributed by atoms with van der Waals surface area (Å²) >= 11 is 0. The van der Waals surface area contributed by atoms with Crippen molar-refractivity contribution in [2.24, 2.45) is 0 Å². The summed E-state index contributed by atoms with van der Waals surface area (Å²) in [4.78, 5) is 12.9. The van der Waals surface area contributed by atoms with Crippen LogP contribution in [-0.2, 0) is 4.74 Å². The highest BCUT2D eigenvalue weighted by Crippen LogP contribution is 2.50. The summed E-state index contributed by atoms with van der Waals surface area (Å²) in [6.07, 6.45) is 4.98. The van der Waals surface area contributed by atoms with Crippen molar-refractivity contribution in [3.05, 3.63) is 22.2 Å². The molecule has 8 nitrogen and oxygen atoms in total. The Kier molecular flexibility index (Phi) is 4.16. The van der Waals surface area contributed by atoms with E-state index in [1.165, 1.54) is 12.5 Å². The van der Waals surface area contributed by atoms with E-state index < -0.39 is 4.92 Å². The van der Waals surface area contributed by atoms with Gasteiger partial charge in [0.2, 0.25) is 5.75 Å². The first kappa shape index (κ1) is 16.4. The number of hydrogen-bond donors (Lipinski definition) is 2. The first-order chi connectivity index (χ1) is 12.1. The van der Waals surface area contributed by atoms with Gasteiger partial charge >= 0.3 is 5.69 Å². The highest BCUT2D eigenvalue weighted by molar-refractivity contribution is 5.74. The molecule has 0 aromatic heterocycles. The molecule has 4 rings (SSSR count). The van der Waals surface area contributed by atoms with Crippen molar-refractivity contribution in [2.45, 2.75) is 43.9 Å². The number of nitrogens with one attached hydrogen (secondary N) is 1. The molecule has 2 fully saturated rings. The number of rotatable bonds is 2. The van der Waals surface area contributed by atoms with Crippen LogP contribution < -0.4 is 10.1 Å². The molecular formula is C17H23N3O5. The number of morpholine rings is 1. The highest BCUT2D eigenvalue weighted by Gasteiger charge is 2.49. The average molecular weight is 349 g/mol. The Balaban J connectivity index is 1.73. The Morgan fingerprint density at radius 1 is 1.24 bits per heavy atom. The summed E-state index contributed by atoms with van der Waals surface area (Å²) in [5.41, 5.74) is -0.291. The van der Waals surface area contributed by atoms with Gasteiger partial charge in [-0.3, -0.25) is 15.0 Å². The van der Waals surface area contributed by atoms with Crippen molar-refractivity contribution < 1.29 is 19.5 Å². The molecule has 0 amide bonds. The van der Waals surface area contributed by atoms with Crippen LogP contribution in [0.4, 0.5) is 11.4 Å². The Morgan fingerprint density at radius 3 is 2.64 bits per heavy atom. The number of fused-ring (bicyclic) bond motifs is 1. The van der Waals surface area contributed by atoms with Crippen LogP contribution in [0.3, 0.4) is 0 Å². The molecule has 1 spiro atoms. The number of nitro groups is 1. The molecule has 1 atom stereocenters. The zero-order chi connectivity index (χ0) is 17.4. The maximum absolute atomic E-state index is 11.1. The molecule has 1 aliphatic carbocycles. The number of nitro benzene ring substituents is 1. The number of ether oxygens (including phenoxy) is 2. The summed E-state index contributed by atoms with van der Waals surface area (Å²) < 4.78 is 11.8. The number of benzene rings is 1. The first-order valence-electron chi connectivity index (χ1n) is 8.88. The van der Waals surface area contributed by atoms with Gasteiger partial charge < -0.3 is 19.9 Å². The minimum absolute atomic E-state index is 0.162. The summed E-state index contributed by atoms with van der Waals surface area (Å²) in [6, 6.07) is 2.87. The molecule has 0 bridgehead atoms. The Bertz CT molecular complexity index is 668. The fourth-order valence-electron chi connectivity index (χ4n) is 4.26. The lowest BCUT2D eigenvalue weighted by atomic mass is 9.78. The van der Waals surface area contributed by atoms with Crippen LogP contribution in [0.2, 0.25) is 0 Å². The molecule has 1 saturated carbocycles. The minimum atomic E-state index is -0.571. The largest absolute Gasteiger partial charge is 0.501 e. The van der Waals surface area contributed by atoms with Crippen molar-refractivity contribution in [1.82, 2.24) is 4.90 Å². The van der Waals surface area contributed by atoms with E-state index in [-0.39, 0.29) is 23.2 Å². The molecular weight excluding hydrogens is 326 g/mol.